The van der Waals surface area contributed by atoms with Crippen molar-refractivity contribution < 1.29 is 8.76 Å². The maximum absolute atomic E-state index is 12.3. The highest BCUT2D eigenvalue weighted by Crippen LogP contribution is 2.28. The molecule has 3 rings (SSSR count). The van der Waals surface area contributed by atoms with Gasteiger partial charge in [0.1, 0.15) is 0 Å². The van der Waals surface area contributed by atoms with E-state index in [1.54, 1.807) is 11.6 Å². The van der Waals surface area contributed by atoms with Crippen LogP contribution < -0.4 is 10.3 Å². The molecule has 24 heavy (non-hydrogen) atoms. The predicted molar refractivity (Wildman–Crippen MR) is 95.1 cm³/mol. The molecular formula is C18H17N2O3S-. The van der Waals surface area contributed by atoms with Crippen LogP contribution in [0.25, 0.3) is 21.9 Å². The Morgan fingerprint density at radius 2 is 1.88 bits per heavy atom. The van der Waals surface area contributed by atoms with Gasteiger partial charge in [-0.3, -0.25) is 9.00 Å². The summed E-state index contributed by atoms with van der Waals surface area (Å²) in [5.41, 5.74) is 3.75. The second kappa shape index (κ2) is 6.68. The molecule has 0 saturated carbocycles. The molecule has 124 valence electrons. The van der Waals surface area contributed by atoms with Gasteiger partial charge in [-0.1, -0.05) is 30.3 Å². The molecule has 3 aromatic rings. The van der Waals surface area contributed by atoms with E-state index in [-0.39, 0.29) is 12.1 Å². The van der Waals surface area contributed by atoms with E-state index in [0.717, 1.165) is 27.6 Å². The number of nitrogens with one attached hydrogen (secondary N) is 1. The molecule has 0 bridgehead atoms. The molecule has 1 heterocycles. The molecule has 0 saturated heterocycles. The number of benzene rings is 2. The number of aromatic nitrogens is 1. The van der Waals surface area contributed by atoms with E-state index >= 15 is 0 Å². The predicted octanol–water partition coefficient (Wildman–Crippen LogP) is 2.40. The second-order valence-corrected chi connectivity index (χ2v) is 6.46. The van der Waals surface area contributed by atoms with Crippen LogP contribution in [-0.2, 0) is 24.9 Å². The molecule has 1 N–H and O–H groups in total. The summed E-state index contributed by atoms with van der Waals surface area (Å²) in [7, 11) is 1.73. The number of nitrogens with zero attached hydrogens (tertiary/aromatic N) is 1. The summed E-state index contributed by atoms with van der Waals surface area (Å²) in [6.07, 6.45) is 1.82. The third-order valence-corrected chi connectivity index (χ3v) is 4.51. The molecular weight excluding hydrogens is 324 g/mol. The van der Waals surface area contributed by atoms with Crippen molar-refractivity contribution in [3.63, 3.8) is 0 Å². The molecule has 5 nitrogen and oxygen atoms in total. The summed E-state index contributed by atoms with van der Waals surface area (Å²) in [5, 5.41) is 1.55. The Labute approximate surface area is 142 Å². The highest BCUT2D eigenvalue weighted by Gasteiger charge is 2.10. The Morgan fingerprint density at radius 3 is 2.58 bits per heavy atom. The SMILES string of the molecule is Cc1ccc(-c2cn(C)c(=O)c3ccccc23)cc1CNS(=O)[O-]. The van der Waals surface area contributed by atoms with E-state index in [2.05, 4.69) is 4.72 Å². The third-order valence-electron chi connectivity index (χ3n) is 4.13. The van der Waals surface area contributed by atoms with Crippen molar-refractivity contribution in [3.05, 3.63) is 70.1 Å². The Morgan fingerprint density at radius 1 is 1.17 bits per heavy atom. The Kier molecular flexibility index (Phi) is 4.62. The van der Waals surface area contributed by atoms with Gasteiger partial charge in [0.15, 0.2) is 0 Å². The molecule has 0 spiro atoms. The Hall–Kier alpha value is -2.28. The van der Waals surface area contributed by atoms with Crippen LogP contribution in [0.2, 0.25) is 0 Å². The first-order valence-electron chi connectivity index (χ1n) is 7.48. The summed E-state index contributed by atoms with van der Waals surface area (Å²) < 4.78 is 25.5. The van der Waals surface area contributed by atoms with Crippen molar-refractivity contribution >= 4 is 22.0 Å². The lowest BCUT2D eigenvalue weighted by Gasteiger charge is -2.14. The fraction of sp³-hybridized carbons (Fsp3) is 0.167. The molecule has 0 radical (unpaired) electrons. The molecule has 1 aromatic heterocycles. The number of hydrogen-bond acceptors (Lipinski definition) is 3. The lowest BCUT2D eigenvalue weighted by molar-refractivity contribution is 0.522. The number of hydrogen-bond donors (Lipinski definition) is 1. The topological polar surface area (TPSA) is 74.2 Å². The molecule has 0 aliphatic carbocycles. The number of aryl methyl sites for hydroxylation is 2. The van der Waals surface area contributed by atoms with E-state index < -0.39 is 11.3 Å². The minimum Gasteiger partial charge on any atom is -0.760 e. The zero-order valence-corrected chi connectivity index (χ0v) is 14.2. The first-order valence-corrected chi connectivity index (χ1v) is 8.56. The summed E-state index contributed by atoms with van der Waals surface area (Å²) in [4.78, 5) is 12.3. The normalized spacial score (nSPS) is 12.5. The van der Waals surface area contributed by atoms with E-state index in [4.69, 9.17) is 0 Å². The maximum atomic E-state index is 12.3. The summed E-state index contributed by atoms with van der Waals surface area (Å²) in [6, 6.07) is 13.4. The smallest absolute Gasteiger partial charge is 0.258 e. The number of rotatable bonds is 4. The molecule has 0 aliphatic rings. The van der Waals surface area contributed by atoms with Gasteiger partial charge in [-0.15, -0.1) is 0 Å². The van der Waals surface area contributed by atoms with E-state index in [1.165, 1.54) is 0 Å². The standard InChI is InChI=1S/C18H18N2O3S/c1-12-7-8-13(9-14(12)10-19-24(22)23)17-11-20(2)18(21)16-6-4-3-5-15(16)17/h3-9,11,19H,10H2,1-2H3,(H,22,23)/p-1. The molecule has 6 heteroatoms. The molecule has 0 fully saturated rings. The minimum atomic E-state index is -2.30. The molecule has 1 unspecified atom stereocenters. The van der Waals surface area contributed by atoms with Crippen molar-refractivity contribution in [3.8, 4) is 11.1 Å². The van der Waals surface area contributed by atoms with Gasteiger partial charge < -0.3 is 9.12 Å². The van der Waals surface area contributed by atoms with E-state index in [9.17, 15) is 13.6 Å². The maximum Gasteiger partial charge on any atom is 0.258 e. The Balaban J connectivity index is 2.18. The Bertz CT molecular complexity index is 995. The van der Waals surface area contributed by atoms with Crippen LogP contribution in [0, 0.1) is 6.92 Å². The van der Waals surface area contributed by atoms with Gasteiger partial charge in [0.05, 0.1) is 0 Å². The number of pyridine rings is 1. The van der Waals surface area contributed by atoms with Crippen molar-refractivity contribution in [1.82, 2.24) is 9.29 Å². The van der Waals surface area contributed by atoms with Gasteiger partial charge in [0.25, 0.3) is 5.56 Å². The summed E-state index contributed by atoms with van der Waals surface area (Å²) in [5.74, 6) is 0. The average Bonchev–Trinajstić information content (AvgIpc) is 2.57. The molecule has 0 amide bonds. The zero-order chi connectivity index (χ0) is 17.3. The van der Waals surface area contributed by atoms with Gasteiger partial charge in [0, 0.05) is 42.0 Å². The van der Waals surface area contributed by atoms with Gasteiger partial charge in [-0.2, -0.15) is 0 Å². The highest BCUT2D eigenvalue weighted by molar-refractivity contribution is 7.77. The van der Waals surface area contributed by atoms with Gasteiger partial charge in [-0.25, -0.2) is 4.72 Å². The number of fused-ring (bicyclic) bond motifs is 1. The lowest BCUT2D eigenvalue weighted by atomic mass is 9.97. The van der Waals surface area contributed by atoms with Crippen LogP contribution in [0.3, 0.4) is 0 Å². The fourth-order valence-electron chi connectivity index (χ4n) is 2.81. The van der Waals surface area contributed by atoms with Crippen molar-refractivity contribution in [2.45, 2.75) is 13.5 Å². The minimum absolute atomic E-state index is 0.0369. The highest BCUT2D eigenvalue weighted by atomic mass is 32.2. The molecule has 1 atom stereocenters. The van der Waals surface area contributed by atoms with Gasteiger partial charge in [0.2, 0.25) is 0 Å². The van der Waals surface area contributed by atoms with Crippen molar-refractivity contribution in [2.24, 2.45) is 7.05 Å². The van der Waals surface area contributed by atoms with Crippen LogP contribution in [0.5, 0.6) is 0 Å². The van der Waals surface area contributed by atoms with Crippen LogP contribution in [0.1, 0.15) is 11.1 Å². The first-order chi connectivity index (χ1) is 11.5. The van der Waals surface area contributed by atoms with Crippen LogP contribution in [0.4, 0.5) is 0 Å². The third kappa shape index (κ3) is 3.17. The summed E-state index contributed by atoms with van der Waals surface area (Å²) in [6.45, 7) is 2.17. The van der Waals surface area contributed by atoms with Crippen LogP contribution >= 0.6 is 0 Å². The van der Waals surface area contributed by atoms with Crippen LogP contribution in [-0.4, -0.2) is 13.3 Å². The molecule has 0 aliphatic heterocycles. The van der Waals surface area contributed by atoms with Crippen molar-refractivity contribution in [1.29, 1.82) is 0 Å². The van der Waals surface area contributed by atoms with E-state index in [0.29, 0.717) is 5.39 Å². The van der Waals surface area contributed by atoms with Gasteiger partial charge in [-0.05, 0) is 41.1 Å². The molecule has 2 aromatic carbocycles. The second-order valence-electron chi connectivity index (χ2n) is 5.70. The van der Waals surface area contributed by atoms with E-state index in [1.807, 2.05) is 55.6 Å². The fourth-order valence-corrected chi connectivity index (χ4v) is 3.09. The van der Waals surface area contributed by atoms with Gasteiger partial charge >= 0.3 is 0 Å². The monoisotopic (exact) mass is 341 g/mol. The largest absolute Gasteiger partial charge is 0.760 e. The lowest BCUT2D eigenvalue weighted by Crippen LogP contribution is -2.17. The summed E-state index contributed by atoms with van der Waals surface area (Å²) >= 11 is -2.30. The van der Waals surface area contributed by atoms with Crippen LogP contribution in [0.15, 0.2) is 53.5 Å². The average molecular weight is 341 g/mol. The zero-order valence-electron chi connectivity index (χ0n) is 13.4. The first kappa shape index (κ1) is 16.6. The van der Waals surface area contributed by atoms with Crippen molar-refractivity contribution in [2.75, 3.05) is 0 Å². The quantitative estimate of drug-likeness (QED) is 0.741.